The van der Waals surface area contributed by atoms with E-state index in [4.69, 9.17) is 14.2 Å². The van der Waals surface area contributed by atoms with Gasteiger partial charge in [-0.3, -0.25) is 9.59 Å². The maximum absolute atomic E-state index is 12.2. The molecule has 10 heteroatoms. The number of benzene rings is 1. The third-order valence-electron chi connectivity index (χ3n) is 4.45. The molecule has 8 nitrogen and oxygen atoms in total. The van der Waals surface area contributed by atoms with Crippen molar-refractivity contribution in [3.05, 3.63) is 29.8 Å². The van der Waals surface area contributed by atoms with Gasteiger partial charge in [-0.05, 0) is 37.9 Å². The summed E-state index contributed by atoms with van der Waals surface area (Å²) in [5.41, 5.74) is 0.317. The largest absolute Gasteiger partial charge is 0.490 e. The van der Waals surface area contributed by atoms with Crippen molar-refractivity contribution in [3.63, 3.8) is 0 Å². The highest BCUT2D eigenvalue weighted by Gasteiger charge is 2.12. The molecule has 0 aliphatic carbocycles. The van der Waals surface area contributed by atoms with E-state index in [2.05, 4.69) is 41.6 Å². The minimum Gasteiger partial charge on any atom is -0.490 e. The first-order chi connectivity index (χ1) is 16.5. The summed E-state index contributed by atoms with van der Waals surface area (Å²) in [6.45, 7) is 6.61. The van der Waals surface area contributed by atoms with Crippen LogP contribution >= 0.6 is 21.6 Å². The van der Waals surface area contributed by atoms with E-state index in [1.807, 2.05) is 13.3 Å². The van der Waals surface area contributed by atoms with Crippen LogP contribution in [0.2, 0.25) is 0 Å². The summed E-state index contributed by atoms with van der Waals surface area (Å²) in [5, 5.41) is 8.54. The number of hydrogen-bond donors (Lipinski definition) is 3. The van der Waals surface area contributed by atoms with E-state index in [1.165, 1.54) is 10.8 Å². The van der Waals surface area contributed by atoms with Gasteiger partial charge in [-0.1, -0.05) is 53.3 Å². The Bertz CT molecular complexity index is 785. The third-order valence-corrected chi connectivity index (χ3v) is 6.35. The Morgan fingerprint density at radius 3 is 2.74 bits per heavy atom. The molecule has 0 heterocycles. The molecule has 0 aliphatic rings. The summed E-state index contributed by atoms with van der Waals surface area (Å²) in [4.78, 5) is 24.0. The van der Waals surface area contributed by atoms with Crippen molar-refractivity contribution >= 4 is 33.4 Å². The standard InChI is InChI=1S/C24H37N3O5S2/c1-5-19(2)8-7-11-26-22(28)17-30-14-15-31-23(34-33-4)18-32-21-10-6-9-20(16-21)24(29)27-13-12-25-3/h6,9-10,16,19,23,25H,5,11-15,17-18H2,1-4H3,(H,26,28)(H,27,29). The summed E-state index contributed by atoms with van der Waals surface area (Å²) < 4.78 is 17.0. The lowest BCUT2D eigenvalue weighted by Crippen LogP contribution is -2.30. The zero-order valence-electron chi connectivity index (χ0n) is 20.5. The summed E-state index contributed by atoms with van der Waals surface area (Å²) in [6.07, 6.45) is 2.95. The van der Waals surface area contributed by atoms with Crippen molar-refractivity contribution in [2.75, 3.05) is 59.4 Å². The normalized spacial score (nSPS) is 12.2. The molecule has 0 fully saturated rings. The van der Waals surface area contributed by atoms with Crippen LogP contribution in [0.5, 0.6) is 5.75 Å². The van der Waals surface area contributed by atoms with Crippen LogP contribution in [-0.4, -0.2) is 76.6 Å². The Morgan fingerprint density at radius 2 is 2.00 bits per heavy atom. The number of rotatable bonds is 17. The van der Waals surface area contributed by atoms with E-state index in [1.54, 1.807) is 35.1 Å². The zero-order valence-corrected chi connectivity index (χ0v) is 22.1. The molecule has 0 spiro atoms. The van der Waals surface area contributed by atoms with Gasteiger partial charge in [0.25, 0.3) is 5.91 Å². The Kier molecular flexibility index (Phi) is 17.2. The fourth-order valence-electron chi connectivity index (χ4n) is 2.43. The van der Waals surface area contributed by atoms with Gasteiger partial charge in [0, 0.05) is 24.6 Å². The van der Waals surface area contributed by atoms with Gasteiger partial charge in [0.2, 0.25) is 5.91 Å². The predicted molar refractivity (Wildman–Crippen MR) is 140 cm³/mol. The minimum absolute atomic E-state index is 0.0333. The fraction of sp³-hybridized carbons (Fsp3) is 0.583. The van der Waals surface area contributed by atoms with Gasteiger partial charge in [0.1, 0.15) is 24.4 Å². The van der Waals surface area contributed by atoms with Crippen molar-refractivity contribution in [1.29, 1.82) is 0 Å². The van der Waals surface area contributed by atoms with Crippen molar-refractivity contribution < 1.29 is 23.8 Å². The highest BCUT2D eigenvalue weighted by atomic mass is 33.1. The van der Waals surface area contributed by atoms with E-state index >= 15 is 0 Å². The van der Waals surface area contributed by atoms with Gasteiger partial charge in [-0.25, -0.2) is 0 Å². The minimum atomic E-state index is -0.226. The monoisotopic (exact) mass is 511 g/mol. The Hall–Kier alpha value is -1.90. The van der Waals surface area contributed by atoms with Crippen LogP contribution in [0.15, 0.2) is 24.3 Å². The van der Waals surface area contributed by atoms with Crippen molar-refractivity contribution in [3.8, 4) is 17.6 Å². The van der Waals surface area contributed by atoms with Gasteiger partial charge in [-0.15, -0.1) is 0 Å². The first-order valence-corrected chi connectivity index (χ1v) is 13.9. The molecule has 0 bridgehead atoms. The molecule has 1 aromatic rings. The quantitative estimate of drug-likeness (QED) is 0.127. The van der Waals surface area contributed by atoms with Gasteiger partial charge in [-0.2, -0.15) is 0 Å². The summed E-state index contributed by atoms with van der Waals surface area (Å²) in [5.74, 6) is 6.59. The van der Waals surface area contributed by atoms with Crippen molar-refractivity contribution in [2.45, 2.75) is 25.7 Å². The number of likely N-dealkylation sites (N-methyl/N-ethyl adjacent to an activating group) is 1. The van der Waals surface area contributed by atoms with E-state index in [9.17, 15) is 9.59 Å². The van der Waals surface area contributed by atoms with Crippen LogP contribution in [0.4, 0.5) is 0 Å². The van der Waals surface area contributed by atoms with Crippen LogP contribution in [0.1, 0.15) is 30.6 Å². The first kappa shape index (κ1) is 30.1. The Morgan fingerprint density at radius 1 is 1.18 bits per heavy atom. The summed E-state index contributed by atoms with van der Waals surface area (Å²) in [6, 6.07) is 7.05. The number of nitrogens with one attached hydrogen (secondary N) is 3. The van der Waals surface area contributed by atoms with Crippen LogP contribution < -0.4 is 20.7 Å². The van der Waals surface area contributed by atoms with Gasteiger partial charge in [0.05, 0.1) is 19.8 Å². The number of ether oxygens (including phenoxy) is 3. The van der Waals surface area contributed by atoms with Crippen LogP contribution in [0, 0.1) is 17.8 Å². The average molecular weight is 512 g/mol. The molecule has 1 rings (SSSR count). The first-order valence-electron chi connectivity index (χ1n) is 11.3. The van der Waals surface area contributed by atoms with Crippen LogP contribution in [0.3, 0.4) is 0 Å². The lowest BCUT2D eigenvalue weighted by molar-refractivity contribution is -0.126. The van der Waals surface area contributed by atoms with Gasteiger partial charge in [0.15, 0.2) is 0 Å². The topological polar surface area (TPSA) is 97.9 Å². The molecule has 2 unspecified atom stereocenters. The molecule has 0 saturated carbocycles. The van der Waals surface area contributed by atoms with Crippen molar-refractivity contribution in [1.82, 2.24) is 16.0 Å². The molecule has 2 atom stereocenters. The number of hydrogen-bond acceptors (Lipinski definition) is 8. The Labute approximate surface area is 211 Å². The van der Waals surface area contributed by atoms with Gasteiger partial charge >= 0.3 is 0 Å². The number of carbonyl (C=O) groups is 2. The molecule has 0 aliphatic heterocycles. The maximum Gasteiger partial charge on any atom is 0.251 e. The van der Waals surface area contributed by atoms with E-state index in [0.29, 0.717) is 56.7 Å². The number of carbonyl (C=O) groups excluding carboxylic acids is 2. The highest BCUT2D eigenvalue weighted by Crippen LogP contribution is 2.25. The average Bonchev–Trinajstić information content (AvgIpc) is 2.84. The maximum atomic E-state index is 12.2. The molecule has 0 radical (unpaired) electrons. The van der Waals surface area contributed by atoms with E-state index < -0.39 is 0 Å². The van der Waals surface area contributed by atoms with Crippen LogP contribution in [-0.2, 0) is 14.3 Å². The molecule has 0 aromatic heterocycles. The van der Waals surface area contributed by atoms with Gasteiger partial charge < -0.3 is 30.2 Å². The van der Waals surface area contributed by atoms with E-state index in [0.717, 1.165) is 6.42 Å². The molecule has 190 valence electrons. The molecule has 2 amide bonds. The number of amides is 2. The molecular weight excluding hydrogens is 474 g/mol. The molecule has 1 aromatic carbocycles. The second-order valence-corrected chi connectivity index (χ2v) is 9.85. The molecular formula is C24H37N3O5S2. The highest BCUT2D eigenvalue weighted by molar-refractivity contribution is 8.76. The third kappa shape index (κ3) is 14.4. The SMILES string of the molecule is CCC(C)C#CCNC(=O)COCCOC(COc1cccc(C(=O)NCCNC)c1)SSC. The Balaban J connectivity index is 2.32. The summed E-state index contributed by atoms with van der Waals surface area (Å²) >= 11 is 0. The second kappa shape index (κ2) is 19.4. The van der Waals surface area contributed by atoms with E-state index in [-0.39, 0.29) is 23.9 Å². The summed E-state index contributed by atoms with van der Waals surface area (Å²) in [7, 11) is 4.94. The smallest absolute Gasteiger partial charge is 0.251 e. The predicted octanol–water partition coefficient (Wildman–Crippen LogP) is 2.55. The molecule has 0 saturated heterocycles. The fourth-order valence-corrected chi connectivity index (χ4v) is 3.90. The van der Waals surface area contributed by atoms with Crippen molar-refractivity contribution in [2.24, 2.45) is 5.92 Å². The lowest BCUT2D eigenvalue weighted by atomic mass is 10.1. The molecule has 34 heavy (non-hydrogen) atoms. The zero-order chi connectivity index (χ0) is 25.0. The lowest BCUT2D eigenvalue weighted by Gasteiger charge is -2.17. The van der Waals surface area contributed by atoms with Crippen LogP contribution in [0.25, 0.3) is 0 Å². The second-order valence-electron chi connectivity index (χ2n) is 7.22. The molecule has 3 N–H and O–H groups in total.